The van der Waals surface area contributed by atoms with Crippen LogP contribution in [0.25, 0.3) is 0 Å². The second kappa shape index (κ2) is 9.41. The smallest absolute Gasteiger partial charge is 0.0850 e. The van der Waals surface area contributed by atoms with E-state index in [4.69, 9.17) is 11.6 Å². The Morgan fingerprint density at radius 1 is 1.20 bits per heavy atom. The van der Waals surface area contributed by atoms with E-state index in [0.29, 0.717) is 6.04 Å². The van der Waals surface area contributed by atoms with Gasteiger partial charge < -0.3 is 5.32 Å². The van der Waals surface area contributed by atoms with E-state index < -0.39 is 0 Å². The van der Waals surface area contributed by atoms with E-state index in [2.05, 4.69) is 24.3 Å². The first-order valence-electron chi connectivity index (χ1n) is 8.01. The van der Waals surface area contributed by atoms with Crippen molar-refractivity contribution >= 4 is 11.6 Å². The van der Waals surface area contributed by atoms with Crippen molar-refractivity contribution in [3.63, 3.8) is 0 Å². The van der Waals surface area contributed by atoms with E-state index in [1.54, 1.807) is 0 Å². The third kappa shape index (κ3) is 5.10. The van der Waals surface area contributed by atoms with E-state index in [-0.39, 0.29) is 0 Å². The molecule has 0 fully saturated rings. The van der Waals surface area contributed by atoms with Crippen LogP contribution in [0, 0.1) is 0 Å². The molecule has 116 valence electrons. The average Bonchev–Trinajstić information content (AvgIpc) is 2.72. The SMILES string of the molecule is CCCCCCCC(Cc1c(Cl)c(CC)nn1C)NC. The fourth-order valence-electron chi connectivity index (χ4n) is 2.62. The quantitative estimate of drug-likeness (QED) is 0.658. The minimum absolute atomic E-state index is 0.495. The number of rotatable bonds is 10. The molecular weight excluding hydrogens is 270 g/mol. The Morgan fingerprint density at radius 2 is 1.90 bits per heavy atom. The van der Waals surface area contributed by atoms with Crippen molar-refractivity contribution in [1.29, 1.82) is 0 Å². The summed E-state index contributed by atoms with van der Waals surface area (Å²) in [5.41, 5.74) is 2.18. The molecule has 1 aromatic rings. The van der Waals surface area contributed by atoms with Gasteiger partial charge in [-0.3, -0.25) is 4.68 Å². The lowest BCUT2D eigenvalue weighted by Crippen LogP contribution is -2.28. The van der Waals surface area contributed by atoms with Gasteiger partial charge >= 0.3 is 0 Å². The molecule has 4 heteroatoms. The Bertz CT molecular complexity index is 387. The number of hydrogen-bond acceptors (Lipinski definition) is 2. The van der Waals surface area contributed by atoms with Crippen LogP contribution < -0.4 is 5.32 Å². The molecule has 0 amide bonds. The summed E-state index contributed by atoms with van der Waals surface area (Å²) < 4.78 is 1.95. The largest absolute Gasteiger partial charge is 0.317 e. The topological polar surface area (TPSA) is 29.9 Å². The van der Waals surface area contributed by atoms with Crippen LogP contribution in [0.3, 0.4) is 0 Å². The molecule has 1 N–H and O–H groups in total. The van der Waals surface area contributed by atoms with E-state index in [0.717, 1.165) is 29.3 Å². The van der Waals surface area contributed by atoms with Crippen molar-refractivity contribution in [1.82, 2.24) is 15.1 Å². The van der Waals surface area contributed by atoms with Crippen LogP contribution in [0.2, 0.25) is 5.02 Å². The Hall–Kier alpha value is -0.540. The summed E-state index contributed by atoms with van der Waals surface area (Å²) in [5, 5.41) is 8.78. The first kappa shape index (κ1) is 17.5. The van der Waals surface area contributed by atoms with Crippen LogP contribution in [0.5, 0.6) is 0 Å². The van der Waals surface area contributed by atoms with Crippen molar-refractivity contribution in [2.75, 3.05) is 7.05 Å². The number of nitrogens with zero attached hydrogens (tertiary/aromatic N) is 2. The van der Waals surface area contributed by atoms with Crippen molar-refractivity contribution in [3.05, 3.63) is 16.4 Å². The summed E-state index contributed by atoms with van der Waals surface area (Å²) in [6.07, 6.45) is 9.73. The molecule has 1 atom stereocenters. The molecule has 0 bridgehead atoms. The number of unbranched alkanes of at least 4 members (excludes halogenated alkanes) is 4. The summed E-state index contributed by atoms with van der Waals surface area (Å²) in [7, 11) is 4.04. The van der Waals surface area contributed by atoms with Gasteiger partial charge in [0.2, 0.25) is 0 Å². The van der Waals surface area contributed by atoms with Gasteiger partial charge in [-0.15, -0.1) is 0 Å². The first-order chi connectivity index (χ1) is 9.63. The third-order valence-electron chi connectivity index (χ3n) is 4.01. The van der Waals surface area contributed by atoms with Crippen molar-refractivity contribution in [3.8, 4) is 0 Å². The van der Waals surface area contributed by atoms with Gasteiger partial charge in [-0.05, 0) is 19.9 Å². The van der Waals surface area contributed by atoms with Crippen LogP contribution in [0.4, 0.5) is 0 Å². The molecule has 0 aliphatic rings. The van der Waals surface area contributed by atoms with Gasteiger partial charge in [0.1, 0.15) is 0 Å². The zero-order valence-electron chi connectivity index (χ0n) is 13.5. The number of aromatic nitrogens is 2. The van der Waals surface area contributed by atoms with E-state index in [9.17, 15) is 0 Å². The summed E-state index contributed by atoms with van der Waals surface area (Å²) in [6.45, 7) is 4.35. The number of aryl methyl sites for hydroxylation is 2. The Labute approximate surface area is 129 Å². The van der Waals surface area contributed by atoms with Crippen molar-refractivity contribution in [2.45, 2.75) is 71.3 Å². The fourth-order valence-corrected chi connectivity index (χ4v) is 2.99. The van der Waals surface area contributed by atoms with Crippen LogP contribution >= 0.6 is 11.6 Å². The molecule has 1 unspecified atom stereocenters. The maximum Gasteiger partial charge on any atom is 0.0850 e. The Kier molecular flexibility index (Phi) is 8.24. The van der Waals surface area contributed by atoms with Crippen molar-refractivity contribution < 1.29 is 0 Å². The summed E-state index contributed by atoms with van der Waals surface area (Å²) >= 11 is 6.42. The number of likely N-dealkylation sites (N-methyl/N-ethyl adjacent to an activating group) is 1. The molecule has 0 spiro atoms. The van der Waals surface area contributed by atoms with Gasteiger partial charge in [-0.1, -0.05) is 57.6 Å². The molecule has 0 aliphatic heterocycles. The molecule has 1 aromatic heterocycles. The minimum atomic E-state index is 0.495. The first-order valence-corrected chi connectivity index (χ1v) is 8.39. The van der Waals surface area contributed by atoms with Gasteiger partial charge in [0.25, 0.3) is 0 Å². The van der Waals surface area contributed by atoms with Crippen LogP contribution in [-0.2, 0) is 19.9 Å². The second-order valence-corrected chi connectivity index (χ2v) is 5.96. The summed E-state index contributed by atoms with van der Waals surface area (Å²) in [4.78, 5) is 0. The maximum absolute atomic E-state index is 6.42. The number of nitrogens with one attached hydrogen (secondary N) is 1. The Balaban J connectivity index is 2.49. The standard InChI is InChI=1S/C16H30ClN3/c1-5-7-8-9-10-11-13(18-3)12-15-16(17)14(6-2)19-20(15)4/h13,18H,5-12H2,1-4H3. The lowest BCUT2D eigenvalue weighted by Gasteiger charge is -2.16. The fraction of sp³-hybridized carbons (Fsp3) is 0.812. The zero-order valence-corrected chi connectivity index (χ0v) is 14.3. The zero-order chi connectivity index (χ0) is 15.0. The van der Waals surface area contributed by atoms with E-state index >= 15 is 0 Å². The predicted molar refractivity (Wildman–Crippen MR) is 87.5 cm³/mol. The molecule has 1 heterocycles. The van der Waals surface area contributed by atoms with Crippen molar-refractivity contribution in [2.24, 2.45) is 7.05 Å². The van der Waals surface area contributed by atoms with Gasteiger partial charge in [0, 0.05) is 19.5 Å². The molecular formula is C16H30ClN3. The number of hydrogen-bond donors (Lipinski definition) is 1. The van der Waals surface area contributed by atoms with Crippen LogP contribution in [0.1, 0.15) is 63.8 Å². The predicted octanol–water partition coefficient (Wildman–Crippen LogP) is 4.13. The molecule has 0 radical (unpaired) electrons. The van der Waals surface area contributed by atoms with Gasteiger partial charge in [-0.2, -0.15) is 5.10 Å². The second-order valence-electron chi connectivity index (χ2n) is 5.58. The van der Waals surface area contributed by atoms with Crippen LogP contribution in [-0.4, -0.2) is 22.9 Å². The highest BCUT2D eigenvalue weighted by Crippen LogP contribution is 2.23. The highest BCUT2D eigenvalue weighted by atomic mass is 35.5. The molecule has 0 saturated carbocycles. The molecule has 0 aliphatic carbocycles. The number of halogens is 1. The molecule has 0 saturated heterocycles. The van der Waals surface area contributed by atoms with E-state index in [1.807, 2.05) is 18.8 Å². The molecule has 20 heavy (non-hydrogen) atoms. The van der Waals surface area contributed by atoms with Gasteiger partial charge in [0.15, 0.2) is 0 Å². The normalized spacial score (nSPS) is 12.8. The monoisotopic (exact) mass is 299 g/mol. The summed E-state index contributed by atoms with van der Waals surface area (Å²) in [6, 6.07) is 0.495. The lowest BCUT2D eigenvalue weighted by molar-refractivity contribution is 0.471. The Morgan fingerprint density at radius 3 is 2.45 bits per heavy atom. The van der Waals surface area contributed by atoms with Gasteiger partial charge in [0.05, 0.1) is 16.4 Å². The lowest BCUT2D eigenvalue weighted by atomic mass is 10.0. The maximum atomic E-state index is 6.42. The highest BCUT2D eigenvalue weighted by molar-refractivity contribution is 6.31. The molecule has 3 nitrogen and oxygen atoms in total. The highest BCUT2D eigenvalue weighted by Gasteiger charge is 2.16. The van der Waals surface area contributed by atoms with Gasteiger partial charge in [-0.25, -0.2) is 0 Å². The minimum Gasteiger partial charge on any atom is -0.317 e. The third-order valence-corrected chi connectivity index (χ3v) is 4.44. The summed E-state index contributed by atoms with van der Waals surface area (Å²) in [5.74, 6) is 0. The van der Waals surface area contributed by atoms with E-state index in [1.165, 1.54) is 38.5 Å². The van der Waals surface area contributed by atoms with Crippen LogP contribution in [0.15, 0.2) is 0 Å². The average molecular weight is 300 g/mol. The molecule has 1 rings (SSSR count). The molecule has 0 aromatic carbocycles.